The van der Waals surface area contributed by atoms with Gasteiger partial charge in [-0.15, -0.1) is 0 Å². The third kappa shape index (κ3) is 4.50. The minimum atomic E-state index is -0.289. The van der Waals surface area contributed by atoms with Gasteiger partial charge in [0.2, 0.25) is 0 Å². The van der Waals surface area contributed by atoms with Crippen LogP contribution in [0.3, 0.4) is 0 Å². The zero-order valence-electron chi connectivity index (χ0n) is 14.6. The molecule has 1 aromatic heterocycles. The Bertz CT molecular complexity index is 723. The Hall–Kier alpha value is -3.10. The van der Waals surface area contributed by atoms with E-state index in [1.807, 2.05) is 12.1 Å². The van der Waals surface area contributed by atoms with E-state index in [4.69, 9.17) is 4.74 Å². The lowest BCUT2D eigenvalue weighted by Crippen LogP contribution is -2.47. The van der Waals surface area contributed by atoms with Gasteiger partial charge in [0, 0.05) is 24.8 Å². The molecule has 9 nitrogen and oxygen atoms in total. The molecule has 0 saturated carbocycles. The smallest absolute Gasteiger partial charge is 0.409 e. The Morgan fingerprint density at radius 3 is 2.58 bits per heavy atom. The minimum Gasteiger partial charge on any atom is -0.450 e. The molecule has 0 atom stereocenters. The van der Waals surface area contributed by atoms with Crippen LogP contribution in [0.1, 0.15) is 19.8 Å². The number of hydrogen-bond acceptors (Lipinski definition) is 5. The number of nitrogens with one attached hydrogen (secondary N) is 2. The van der Waals surface area contributed by atoms with Crippen LogP contribution in [0.4, 0.5) is 15.3 Å². The van der Waals surface area contributed by atoms with Crippen LogP contribution in [0.15, 0.2) is 36.9 Å². The van der Waals surface area contributed by atoms with Gasteiger partial charge in [-0.1, -0.05) is 0 Å². The van der Waals surface area contributed by atoms with Gasteiger partial charge < -0.3 is 20.3 Å². The molecule has 2 heterocycles. The maximum Gasteiger partial charge on any atom is 0.409 e. The minimum absolute atomic E-state index is 0.0371. The number of benzene rings is 1. The second kappa shape index (κ2) is 8.32. The predicted molar refractivity (Wildman–Crippen MR) is 95.1 cm³/mol. The van der Waals surface area contributed by atoms with Crippen molar-refractivity contribution >= 4 is 17.8 Å². The van der Waals surface area contributed by atoms with Gasteiger partial charge in [-0.05, 0) is 44.0 Å². The number of carbonyl (C=O) groups is 2. The highest BCUT2D eigenvalue weighted by Gasteiger charge is 2.24. The molecule has 1 aliphatic rings. The first-order valence-corrected chi connectivity index (χ1v) is 8.60. The van der Waals surface area contributed by atoms with Crippen LogP contribution in [-0.4, -0.2) is 57.5 Å². The van der Waals surface area contributed by atoms with Gasteiger partial charge in [0.05, 0.1) is 12.3 Å². The normalized spacial score (nSPS) is 14.7. The van der Waals surface area contributed by atoms with E-state index in [2.05, 4.69) is 20.7 Å². The second-order valence-corrected chi connectivity index (χ2v) is 5.95. The van der Waals surface area contributed by atoms with E-state index in [1.54, 1.807) is 35.0 Å². The summed E-state index contributed by atoms with van der Waals surface area (Å²) in [6, 6.07) is 7.09. The van der Waals surface area contributed by atoms with E-state index in [-0.39, 0.29) is 18.2 Å². The lowest BCUT2D eigenvalue weighted by molar-refractivity contribution is 0.0959. The molecule has 0 radical (unpaired) electrons. The van der Waals surface area contributed by atoms with Crippen molar-refractivity contribution in [3.05, 3.63) is 36.9 Å². The molecule has 0 spiro atoms. The van der Waals surface area contributed by atoms with E-state index in [9.17, 15) is 9.59 Å². The molecule has 0 aliphatic carbocycles. The average Bonchev–Trinajstić information content (AvgIpc) is 3.18. The highest BCUT2D eigenvalue weighted by Crippen LogP contribution is 2.14. The van der Waals surface area contributed by atoms with Gasteiger partial charge in [0.1, 0.15) is 12.7 Å². The number of rotatable bonds is 4. The molecule has 0 unspecified atom stereocenters. The highest BCUT2D eigenvalue weighted by atomic mass is 16.6. The van der Waals surface area contributed by atoms with Crippen LogP contribution in [0, 0.1) is 0 Å². The van der Waals surface area contributed by atoms with Gasteiger partial charge >= 0.3 is 12.1 Å². The van der Waals surface area contributed by atoms with E-state index in [0.717, 1.165) is 5.69 Å². The molecule has 2 N–H and O–H groups in total. The maximum atomic E-state index is 12.2. The number of nitrogens with zero attached hydrogens (tertiary/aromatic N) is 4. The maximum absolute atomic E-state index is 12.2. The number of piperidine rings is 1. The SMILES string of the molecule is CCOC(=O)N1CCC(NC(=O)Nc2ccc(-n3cncn3)cc2)CC1. The van der Waals surface area contributed by atoms with E-state index in [1.165, 1.54) is 6.33 Å². The van der Waals surface area contributed by atoms with Crippen LogP contribution < -0.4 is 10.6 Å². The lowest BCUT2D eigenvalue weighted by Gasteiger charge is -2.31. The van der Waals surface area contributed by atoms with Crippen molar-refractivity contribution in [3.63, 3.8) is 0 Å². The summed E-state index contributed by atoms with van der Waals surface area (Å²) in [5, 5.41) is 9.81. The van der Waals surface area contributed by atoms with Crippen LogP contribution in [0.2, 0.25) is 0 Å². The van der Waals surface area contributed by atoms with Crippen LogP contribution in [0.25, 0.3) is 5.69 Å². The van der Waals surface area contributed by atoms with Crippen molar-refractivity contribution in [1.29, 1.82) is 0 Å². The van der Waals surface area contributed by atoms with Gasteiger partial charge in [0.25, 0.3) is 0 Å². The van der Waals surface area contributed by atoms with Crippen LogP contribution in [0.5, 0.6) is 0 Å². The van der Waals surface area contributed by atoms with Crippen molar-refractivity contribution < 1.29 is 14.3 Å². The molecule has 3 amide bonds. The van der Waals surface area contributed by atoms with E-state index >= 15 is 0 Å². The zero-order chi connectivity index (χ0) is 18.4. The van der Waals surface area contributed by atoms with Crippen LogP contribution >= 0.6 is 0 Å². The fourth-order valence-electron chi connectivity index (χ4n) is 2.81. The first-order chi connectivity index (χ1) is 12.7. The number of ether oxygens (including phenoxy) is 1. The fraction of sp³-hybridized carbons (Fsp3) is 0.412. The molecule has 1 aromatic carbocycles. The number of anilines is 1. The van der Waals surface area contributed by atoms with Gasteiger partial charge in [0.15, 0.2) is 0 Å². The highest BCUT2D eigenvalue weighted by molar-refractivity contribution is 5.89. The van der Waals surface area contributed by atoms with E-state index in [0.29, 0.717) is 38.2 Å². The van der Waals surface area contributed by atoms with Crippen molar-refractivity contribution in [2.75, 3.05) is 25.0 Å². The molecule has 0 bridgehead atoms. The molecule has 9 heteroatoms. The summed E-state index contributed by atoms with van der Waals surface area (Å²) < 4.78 is 6.63. The first-order valence-electron chi connectivity index (χ1n) is 8.60. The topological polar surface area (TPSA) is 101 Å². The van der Waals surface area contributed by atoms with Crippen molar-refractivity contribution in [2.45, 2.75) is 25.8 Å². The standard InChI is InChI=1S/C17H22N6O3/c1-2-26-17(25)22-9-7-14(8-10-22)21-16(24)20-13-3-5-15(6-4-13)23-12-18-11-19-23/h3-6,11-12,14H,2,7-10H2,1H3,(H2,20,21,24). The van der Waals surface area contributed by atoms with Crippen molar-refractivity contribution in [2.24, 2.45) is 0 Å². The number of urea groups is 1. The summed E-state index contributed by atoms with van der Waals surface area (Å²) in [7, 11) is 0. The van der Waals surface area contributed by atoms with Gasteiger partial charge in [-0.3, -0.25) is 0 Å². The summed E-state index contributed by atoms with van der Waals surface area (Å²) >= 11 is 0. The predicted octanol–water partition coefficient (Wildman–Crippen LogP) is 2.01. The molecule has 1 fully saturated rings. The summed E-state index contributed by atoms with van der Waals surface area (Å²) in [4.78, 5) is 29.4. The molecule has 2 aromatic rings. The Kier molecular flexibility index (Phi) is 5.67. The van der Waals surface area contributed by atoms with Gasteiger partial charge in [-0.25, -0.2) is 19.3 Å². The molecular formula is C17H22N6O3. The van der Waals surface area contributed by atoms with Crippen LogP contribution in [-0.2, 0) is 4.74 Å². The third-order valence-corrected chi connectivity index (χ3v) is 4.16. The average molecular weight is 358 g/mol. The Morgan fingerprint density at radius 1 is 1.23 bits per heavy atom. The fourth-order valence-corrected chi connectivity index (χ4v) is 2.81. The van der Waals surface area contributed by atoms with Crippen molar-refractivity contribution in [1.82, 2.24) is 25.0 Å². The molecular weight excluding hydrogens is 336 g/mol. The molecule has 138 valence electrons. The summed E-state index contributed by atoms with van der Waals surface area (Å²) in [5.41, 5.74) is 1.55. The molecule has 1 saturated heterocycles. The van der Waals surface area contributed by atoms with Gasteiger partial charge in [-0.2, -0.15) is 5.10 Å². The first kappa shape index (κ1) is 17.7. The second-order valence-electron chi connectivity index (χ2n) is 5.95. The summed E-state index contributed by atoms with van der Waals surface area (Å²) in [5.74, 6) is 0. The third-order valence-electron chi connectivity index (χ3n) is 4.16. The quantitative estimate of drug-likeness (QED) is 0.870. The number of aromatic nitrogens is 3. The number of hydrogen-bond donors (Lipinski definition) is 2. The Labute approximate surface area is 151 Å². The Balaban J connectivity index is 1.45. The summed E-state index contributed by atoms with van der Waals surface area (Å²) in [6.07, 6.45) is 4.20. The molecule has 26 heavy (non-hydrogen) atoms. The van der Waals surface area contributed by atoms with Crippen molar-refractivity contribution in [3.8, 4) is 5.69 Å². The molecule has 1 aliphatic heterocycles. The zero-order valence-corrected chi connectivity index (χ0v) is 14.6. The monoisotopic (exact) mass is 358 g/mol. The number of carbonyl (C=O) groups excluding carboxylic acids is 2. The Morgan fingerprint density at radius 2 is 1.96 bits per heavy atom. The lowest BCUT2D eigenvalue weighted by atomic mass is 10.1. The number of amides is 3. The largest absolute Gasteiger partial charge is 0.450 e. The molecule has 3 rings (SSSR count). The van der Waals surface area contributed by atoms with E-state index < -0.39 is 0 Å². The summed E-state index contributed by atoms with van der Waals surface area (Å²) in [6.45, 7) is 3.32. The number of likely N-dealkylation sites (tertiary alicyclic amines) is 1.